The van der Waals surface area contributed by atoms with E-state index in [2.05, 4.69) is 10.6 Å². The molecule has 2 aromatic rings. The van der Waals surface area contributed by atoms with Crippen LogP contribution in [-0.4, -0.2) is 41.8 Å². The average Bonchev–Trinajstić information content (AvgIpc) is 3.15. The zero-order valence-electron chi connectivity index (χ0n) is 23.3. The Bertz CT molecular complexity index is 1290. The van der Waals surface area contributed by atoms with Gasteiger partial charge in [0.15, 0.2) is 0 Å². The Hall–Kier alpha value is -3.79. The minimum absolute atomic E-state index is 0.0964. The van der Waals surface area contributed by atoms with Gasteiger partial charge in [0.1, 0.15) is 0 Å². The predicted octanol–water partition coefficient (Wildman–Crippen LogP) is 5.03. The largest absolute Gasteiger partial charge is 0.352 e. The third-order valence-electron chi connectivity index (χ3n) is 9.03. The molecular weight excluding hydrogens is 522 g/mol. The number of nitrogens with zero attached hydrogens (tertiary/aromatic N) is 2. The molecule has 3 unspecified atom stereocenters. The summed E-state index contributed by atoms with van der Waals surface area (Å²) in [5.74, 6) is 0.305. The second-order valence-corrected chi connectivity index (χ2v) is 11.8. The summed E-state index contributed by atoms with van der Waals surface area (Å²) in [5, 5.41) is 17.2. The minimum atomic E-state index is -0.500. The summed E-state index contributed by atoms with van der Waals surface area (Å²) in [6.07, 6.45) is 9.55. The first-order valence-corrected chi connectivity index (χ1v) is 14.8. The highest BCUT2D eigenvalue weighted by atomic mass is 16.6. The highest BCUT2D eigenvalue weighted by Gasteiger charge is 2.38. The number of nitrogens with two attached hydrogens (primary N) is 1. The molecule has 3 aliphatic rings. The highest BCUT2D eigenvalue weighted by molar-refractivity contribution is 6.12. The quantitative estimate of drug-likeness (QED) is 0.319. The van der Waals surface area contributed by atoms with Crippen LogP contribution in [-0.2, 0) is 4.79 Å². The fourth-order valence-electron chi connectivity index (χ4n) is 6.81. The van der Waals surface area contributed by atoms with Crippen LogP contribution in [0.2, 0.25) is 0 Å². The van der Waals surface area contributed by atoms with Crippen LogP contribution >= 0.6 is 0 Å². The van der Waals surface area contributed by atoms with Gasteiger partial charge < -0.3 is 21.3 Å². The van der Waals surface area contributed by atoms with E-state index in [4.69, 9.17) is 5.73 Å². The molecule has 2 aliphatic carbocycles. The Morgan fingerprint density at radius 3 is 2.39 bits per heavy atom. The summed E-state index contributed by atoms with van der Waals surface area (Å²) < 4.78 is 0. The topological polar surface area (TPSA) is 148 Å². The summed E-state index contributed by atoms with van der Waals surface area (Å²) in [6.45, 7) is 1.25. The summed E-state index contributed by atoms with van der Waals surface area (Å²) in [7, 11) is 0. The number of hydrogen-bond acceptors (Lipinski definition) is 6. The molecule has 2 saturated carbocycles. The van der Waals surface area contributed by atoms with Crippen LogP contribution < -0.4 is 21.3 Å². The van der Waals surface area contributed by atoms with E-state index in [0.29, 0.717) is 47.4 Å². The van der Waals surface area contributed by atoms with Gasteiger partial charge in [0, 0.05) is 42.3 Å². The summed E-state index contributed by atoms with van der Waals surface area (Å²) in [4.78, 5) is 52.7. The molecule has 41 heavy (non-hydrogen) atoms. The van der Waals surface area contributed by atoms with Crippen LogP contribution in [0.1, 0.15) is 84.9 Å². The Morgan fingerprint density at radius 2 is 1.68 bits per heavy atom. The molecule has 0 spiro atoms. The zero-order chi connectivity index (χ0) is 28.9. The maximum atomic E-state index is 14.0. The first-order chi connectivity index (χ1) is 19.8. The number of nitro groups is 1. The monoisotopic (exact) mass is 561 g/mol. The van der Waals surface area contributed by atoms with Crippen LogP contribution in [0.3, 0.4) is 0 Å². The molecule has 10 nitrogen and oxygen atoms in total. The van der Waals surface area contributed by atoms with Gasteiger partial charge in [-0.25, -0.2) is 0 Å². The van der Waals surface area contributed by atoms with Crippen molar-refractivity contribution < 1.29 is 19.3 Å². The van der Waals surface area contributed by atoms with Gasteiger partial charge in [0.05, 0.1) is 16.3 Å². The van der Waals surface area contributed by atoms with Crippen LogP contribution in [0.15, 0.2) is 42.5 Å². The molecule has 1 aliphatic heterocycles. The number of carbonyl (C=O) groups excluding carboxylic acids is 3. The Balaban J connectivity index is 1.43. The molecule has 0 aromatic heterocycles. The van der Waals surface area contributed by atoms with E-state index in [1.165, 1.54) is 24.3 Å². The Kier molecular flexibility index (Phi) is 8.97. The lowest BCUT2D eigenvalue weighted by atomic mass is 9.81. The number of nitro benzene ring substituents is 1. The van der Waals surface area contributed by atoms with E-state index in [1.807, 2.05) is 0 Å². The molecule has 4 N–H and O–H groups in total. The van der Waals surface area contributed by atoms with Gasteiger partial charge in [-0.05, 0) is 86.7 Å². The molecular formula is C31H39N5O5. The first-order valence-electron chi connectivity index (χ1n) is 14.8. The molecule has 3 atom stereocenters. The highest BCUT2D eigenvalue weighted by Crippen LogP contribution is 2.40. The summed E-state index contributed by atoms with van der Waals surface area (Å²) in [5.41, 5.74) is 7.44. The van der Waals surface area contributed by atoms with Crippen molar-refractivity contribution in [3.05, 3.63) is 63.7 Å². The van der Waals surface area contributed by atoms with E-state index in [9.17, 15) is 24.5 Å². The number of non-ortho nitro benzene ring substituents is 1. The van der Waals surface area contributed by atoms with Gasteiger partial charge in [-0.15, -0.1) is 0 Å². The molecule has 3 amide bonds. The fraction of sp³-hybridized carbons (Fsp3) is 0.516. The average molecular weight is 562 g/mol. The van der Waals surface area contributed by atoms with Crippen molar-refractivity contribution in [2.75, 3.05) is 23.3 Å². The van der Waals surface area contributed by atoms with E-state index in [0.717, 1.165) is 57.8 Å². The second kappa shape index (κ2) is 12.8. The number of benzene rings is 2. The number of fused-ring (bicyclic) bond motifs is 1. The molecule has 5 rings (SSSR count). The minimum Gasteiger partial charge on any atom is -0.352 e. The number of nitrogens with one attached hydrogen (secondary N) is 2. The molecule has 0 saturated heterocycles. The smallest absolute Gasteiger partial charge is 0.269 e. The van der Waals surface area contributed by atoms with Crippen molar-refractivity contribution in [3.63, 3.8) is 0 Å². The van der Waals surface area contributed by atoms with Crippen LogP contribution in [0.5, 0.6) is 0 Å². The lowest BCUT2D eigenvalue weighted by Gasteiger charge is -2.37. The normalized spacial score (nSPS) is 23.2. The van der Waals surface area contributed by atoms with Crippen molar-refractivity contribution in [2.24, 2.45) is 23.5 Å². The lowest BCUT2D eigenvalue weighted by Crippen LogP contribution is -2.46. The van der Waals surface area contributed by atoms with Gasteiger partial charge in [-0.1, -0.05) is 25.7 Å². The van der Waals surface area contributed by atoms with Crippen molar-refractivity contribution >= 4 is 34.8 Å². The Morgan fingerprint density at radius 1 is 0.976 bits per heavy atom. The predicted molar refractivity (Wildman–Crippen MR) is 157 cm³/mol. The maximum Gasteiger partial charge on any atom is 0.269 e. The second-order valence-electron chi connectivity index (χ2n) is 11.8. The number of amides is 3. The molecule has 218 valence electrons. The van der Waals surface area contributed by atoms with Crippen LogP contribution in [0.4, 0.5) is 17.1 Å². The molecule has 0 bridgehead atoms. The van der Waals surface area contributed by atoms with Gasteiger partial charge in [0.25, 0.3) is 17.5 Å². The van der Waals surface area contributed by atoms with Crippen molar-refractivity contribution in [2.45, 2.75) is 70.3 Å². The standard InChI is InChI=1S/C31H39N5O5/c32-18-20-5-4-6-21(15-20)19-33-30(38)24-11-14-27-26(16-24)34-29(37)17-28(22-7-2-1-3-8-22)35(27)31(39)23-9-12-25(13-10-23)36(40)41/h9-14,16,20-22,28H,1-8,15,17-19,32H2,(H,33,38)(H,34,37). The SMILES string of the molecule is NCC1CCCC(CNC(=O)c2ccc3c(c2)NC(=O)CC(C2CCCCC2)N3C(=O)c2ccc([N+](=O)[O-])cc2)C1. The molecule has 0 radical (unpaired) electrons. The lowest BCUT2D eigenvalue weighted by molar-refractivity contribution is -0.384. The van der Waals surface area contributed by atoms with Crippen molar-refractivity contribution in [1.29, 1.82) is 0 Å². The fourth-order valence-corrected chi connectivity index (χ4v) is 6.81. The number of carbonyl (C=O) groups is 3. The number of hydrogen-bond donors (Lipinski definition) is 3. The molecule has 2 aromatic carbocycles. The molecule has 2 fully saturated rings. The van der Waals surface area contributed by atoms with Gasteiger partial charge in [-0.2, -0.15) is 0 Å². The number of rotatable bonds is 7. The third-order valence-corrected chi connectivity index (χ3v) is 9.03. The summed E-state index contributed by atoms with van der Waals surface area (Å²) in [6, 6.07) is 10.3. The summed E-state index contributed by atoms with van der Waals surface area (Å²) >= 11 is 0. The molecule has 1 heterocycles. The number of anilines is 2. The zero-order valence-corrected chi connectivity index (χ0v) is 23.3. The van der Waals surface area contributed by atoms with E-state index >= 15 is 0 Å². The van der Waals surface area contributed by atoms with E-state index < -0.39 is 4.92 Å². The van der Waals surface area contributed by atoms with Crippen LogP contribution in [0, 0.1) is 27.9 Å². The maximum absolute atomic E-state index is 14.0. The van der Waals surface area contributed by atoms with Gasteiger partial charge in [0.2, 0.25) is 5.91 Å². The third kappa shape index (κ3) is 6.59. The van der Waals surface area contributed by atoms with Crippen molar-refractivity contribution in [1.82, 2.24) is 5.32 Å². The van der Waals surface area contributed by atoms with E-state index in [1.54, 1.807) is 23.1 Å². The van der Waals surface area contributed by atoms with Gasteiger partial charge in [-0.3, -0.25) is 24.5 Å². The Labute approximate surface area is 240 Å². The molecule has 10 heteroatoms. The van der Waals surface area contributed by atoms with Crippen LogP contribution in [0.25, 0.3) is 0 Å². The van der Waals surface area contributed by atoms with E-state index in [-0.39, 0.29) is 41.8 Å². The van der Waals surface area contributed by atoms with Crippen molar-refractivity contribution in [3.8, 4) is 0 Å². The first kappa shape index (κ1) is 28.7. The van der Waals surface area contributed by atoms with Gasteiger partial charge >= 0.3 is 0 Å².